The minimum Gasteiger partial charge on any atom is -0.497 e. The summed E-state index contributed by atoms with van der Waals surface area (Å²) in [5.74, 6) is 1.35. The van der Waals surface area contributed by atoms with Crippen molar-refractivity contribution in [1.29, 1.82) is 0 Å². The van der Waals surface area contributed by atoms with Crippen LogP contribution in [0.15, 0.2) is 63.5 Å². The van der Waals surface area contributed by atoms with Crippen LogP contribution in [-0.2, 0) is 9.53 Å². The maximum Gasteiger partial charge on any atom is 0.338 e. The van der Waals surface area contributed by atoms with Crippen molar-refractivity contribution < 1.29 is 23.7 Å². The van der Waals surface area contributed by atoms with Gasteiger partial charge in [-0.3, -0.25) is 9.36 Å². The van der Waals surface area contributed by atoms with E-state index < -0.39 is 12.0 Å². The van der Waals surface area contributed by atoms with Crippen molar-refractivity contribution in [3.05, 3.63) is 84.5 Å². The van der Waals surface area contributed by atoms with E-state index >= 15 is 0 Å². The molecule has 0 radical (unpaired) electrons. The molecule has 2 aromatic carbocycles. The van der Waals surface area contributed by atoms with Crippen molar-refractivity contribution in [2.75, 3.05) is 28.4 Å². The van der Waals surface area contributed by atoms with Crippen LogP contribution in [0.1, 0.15) is 24.1 Å². The lowest BCUT2D eigenvalue weighted by atomic mass is 9.96. The lowest BCUT2D eigenvalue weighted by molar-refractivity contribution is -0.136. The highest BCUT2D eigenvalue weighted by molar-refractivity contribution is 7.07. The number of nitrogens with zero attached hydrogens (tertiary/aromatic N) is 2. The summed E-state index contributed by atoms with van der Waals surface area (Å²) >= 11 is 1.25. The largest absolute Gasteiger partial charge is 0.497 e. The van der Waals surface area contributed by atoms with Crippen LogP contribution < -0.4 is 29.1 Å². The molecule has 0 N–H and O–H groups in total. The van der Waals surface area contributed by atoms with E-state index in [-0.39, 0.29) is 5.56 Å². The van der Waals surface area contributed by atoms with Gasteiger partial charge in [-0.1, -0.05) is 23.5 Å². The number of methoxy groups -OCH3 is 4. The van der Waals surface area contributed by atoms with E-state index in [0.717, 1.165) is 11.1 Å². The molecule has 8 nitrogen and oxygen atoms in total. The van der Waals surface area contributed by atoms with Gasteiger partial charge in [0.15, 0.2) is 4.80 Å². The Balaban J connectivity index is 1.94. The zero-order chi connectivity index (χ0) is 24.4. The van der Waals surface area contributed by atoms with Gasteiger partial charge in [0.1, 0.15) is 17.2 Å². The first kappa shape index (κ1) is 23.3. The fourth-order valence-electron chi connectivity index (χ4n) is 3.87. The number of ether oxygens (including phenoxy) is 4. The molecule has 4 rings (SSSR count). The van der Waals surface area contributed by atoms with Crippen molar-refractivity contribution in [2.24, 2.45) is 4.99 Å². The van der Waals surface area contributed by atoms with Gasteiger partial charge in [0.05, 0.1) is 50.3 Å². The summed E-state index contributed by atoms with van der Waals surface area (Å²) < 4.78 is 23.0. The van der Waals surface area contributed by atoms with Crippen LogP contribution >= 0.6 is 11.3 Å². The summed E-state index contributed by atoms with van der Waals surface area (Å²) in [5.41, 5.74) is 2.01. The average molecular weight is 481 g/mol. The van der Waals surface area contributed by atoms with Crippen molar-refractivity contribution >= 4 is 23.4 Å². The maximum absolute atomic E-state index is 13.6. The molecule has 1 aromatic heterocycles. The zero-order valence-corrected chi connectivity index (χ0v) is 20.3. The summed E-state index contributed by atoms with van der Waals surface area (Å²) in [6, 6.07) is 11.9. The highest BCUT2D eigenvalue weighted by Crippen LogP contribution is 2.31. The molecular weight excluding hydrogens is 456 g/mol. The Morgan fingerprint density at radius 2 is 1.68 bits per heavy atom. The van der Waals surface area contributed by atoms with Gasteiger partial charge in [-0.15, -0.1) is 0 Å². The van der Waals surface area contributed by atoms with E-state index in [0.29, 0.717) is 37.9 Å². The second kappa shape index (κ2) is 9.56. The summed E-state index contributed by atoms with van der Waals surface area (Å²) in [5, 5.41) is 0. The average Bonchev–Trinajstić information content (AvgIpc) is 3.17. The number of esters is 1. The summed E-state index contributed by atoms with van der Waals surface area (Å²) in [6.07, 6.45) is 1.75. The normalized spacial score (nSPS) is 15.4. The molecule has 1 aliphatic rings. The van der Waals surface area contributed by atoms with Gasteiger partial charge in [0.2, 0.25) is 0 Å². The molecule has 0 unspecified atom stereocenters. The molecule has 0 aliphatic carbocycles. The molecule has 0 bridgehead atoms. The molecule has 1 atom stereocenters. The number of thiazole rings is 1. The quantitative estimate of drug-likeness (QED) is 0.504. The first-order valence-corrected chi connectivity index (χ1v) is 11.2. The number of hydrogen-bond donors (Lipinski definition) is 0. The topological polar surface area (TPSA) is 88.4 Å². The Bertz CT molecular complexity index is 1450. The molecule has 3 aromatic rings. The van der Waals surface area contributed by atoms with E-state index in [1.54, 1.807) is 58.6 Å². The Labute approximate surface area is 200 Å². The number of rotatable bonds is 6. The molecule has 176 valence electrons. The van der Waals surface area contributed by atoms with Crippen molar-refractivity contribution in [2.45, 2.75) is 13.0 Å². The van der Waals surface area contributed by atoms with E-state index in [2.05, 4.69) is 4.99 Å². The fourth-order valence-corrected chi connectivity index (χ4v) is 4.91. The molecule has 9 heteroatoms. The zero-order valence-electron chi connectivity index (χ0n) is 19.4. The molecule has 2 heterocycles. The van der Waals surface area contributed by atoms with Gasteiger partial charge in [-0.05, 0) is 42.8 Å². The third-order valence-electron chi connectivity index (χ3n) is 5.59. The van der Waals surface area contributed by atoms with Crippen LogP contribution in [0.4, 0.5) is 0 Å². The van der Waals surface area contributed by atoms with Crippen LogP contribution in [0, 0.1) is 0 Å². The second-order valence-electron chi connectivity index (χ2n) is 7.45. The van der Waals surface area contributed by atoms with Gasteiger partial charge in [-0.2, -0.15) is 0 Å². The number of allylic oxidation sites excluding steroid dienone is 1. The standard InChI is InChI=1S/C25H24N2O6S/c1-14-21(24(29)33-5)22(15-6-9-17(30-2)10-7-15)27-23(28)20(34-25(27)26-14)12-16-8-11-18(31-3)13-19(16)32-4/h6-13,22H,1-5H3/b20-12-/t22-/m1/s1. The number of benzene rings is 2. The Hall–Kier alpha value is -3.85. The molecule has 34 heavy (non-hydrogen) atoms. The molecule has 1 aliphatic heterocycles. The van der Waals surface area contributed by atoms with Crippen LogP contribution in [0.5, 0.6) is 17.2 Å². The SMILES string of the molecule is COC(=O)C1=C(C)N=c2s/c(=C\c3ccc(OC)cc3OC)c(=O)n2[C@@H]1c1ccc(OC)cc1. The number of aromatic nitrogens is 1. The van der Waals surface area contributed by atoms with Gasteiger partial charge < -0.3 is 18.9 Å². The predicted molar refractivity (Wildman–Crippen MR) is 128 cm³/mol. The van der Waals surface area contributed by atoms with E-state index in [1.165, 1.54) is 23.0 Å². The predicted octanol–water partition coefficient (Wildman–Crippen LogP) is 2.43. The van der Waals surface area contributed by atoms with Gasteiger partial charge in [-0.25, -0.2) is 9.79 Å². The van der Waals surface area contributed by atoms with Crippen molar-refractivity contribution in [3.63, 3.8) is 0 Å². The minimum absolute atomic E-state index is 0.267. The van der Waals surface area contributed by atoms with Crippen molar-refractivity contribution in [1.82, 2.24) is 4.57 Å². The molecule has 0 fully saturated rings. The monoisotopic (exact) mass is 480 g/mol. The lowest BCUT2D eigenvalue weighted by Crippen LogP contribution is -2.39. The van der Waals surface area contributed by atoms with E-state index in [9.17, 15) is 9.59 Å². The molecule has 0 spiro atoms. The Morgan fingerprint density at radius 1 is 1.00 bits per heavy atom. The molecule has 0 amide bonds. The number of carbonyl (C=O) groups is 1. The lowest BCUT2D eigenvalue weighted by Gasteiger charge is -2.24. The summed E-state index contributed by atoms with van der Waals surface area (Å²) in [7, 11) is 6.03. The third kappa shape index (κ3) is 4.10. The highest BCUT2D eigenvalue weighted by atomic mass is 32.1. The van der Waals surface area contributed by atoms with Gasteiger partial charge in [0, 0.05) is 11.6 Å². The number of hydrogen-bond acceptors (Lipinski definition) is 8. The third-order valence-corrected chi connectivity index (χ3v) is 6.57. The first-order valence-electron chi connectivity index (χ1n) is 10.4. The number of fused-ring (bicyclic) bond motifs is 1. The van der Waals surface area contributed by atoms with Crippen LogP contribution in [-0.4, -0.2) is 39.0 Å². The summed E-state index contributed by atoms with van der Waals surface area (Å²) in [6.45, 7) is 1.74. The highest BCUT2D eigenvalue weighted by Gasteiger charge is 2.33. The first-order chi connectivity index (χ1) is 16.4. The maximum atomic E-state index is 13.6. The van der Waals surface area contributed by atoms with Crippen molar-refractivity contribution in [3.8, 4) is 17.2 Å². The minimum atomic E-state index is -0.686. The molecule has 0 saturated heterocycles. The van der Waals surface area contributed by atoms with E-state index in [1.807, 2.05) is 18.2 Å². The fraction of sp³-hybridized carbons (Fsp3) is 0.240. The summed E-state index contributed by atoms with van der Waals surface area (Å²) in [4.78, 5) is 31.4. The Kier molecular flexibility index (Phi) is 6.56. The molecule has 0 saturated carbocycles. The van der Waals surface area contributed by atoms with Gasteiger partial charge in [0.25, 0.3) is 5.56 Å². The van der Waals surface area contributed by atoms with Crippen LogP contribution in [0.3, 0.4) is 0 Å². The van der Waals surface area contributed by atoms with Crippen LogP contribution in [0.25, 0.3) is 6.08 Å². The number of carbonyl (C=O) groups excluding carboxylic acids is 1. The van der Waals surface area contributed by atoms with E-state index in [4.69, 9.17) is 18.9 Å². The van der Waals surface area contributed by atoms with Gasteiger partial charge >= 0.3 is 5.97 Å². The second-order valence-corrected chi connectivity index (χ2v) is 8.46. The molecular formula is C25H24N2O6S. The van der Waals surface area contributed by atoms with Crippen LogP contribution in [0.2, 0.25) is 0 Å². The smallest absolute Gasteiger partial charge is 0.338 e. The Morgan fingerprint density at radius 3 is 2.29 bits per heavy atom.